The second-order valence-electron chi connectivity index (χ2n) is 4.96. The van der Waals surface area contributed by atoms with E-state index < -0.39 is 0 Å². The van der Waals surface area contributed by atoms with Crippen LogP contribution in [0.2, 0.25) is 0 Å². The van der Waals surface area contributed by atoms with E-state index in [1.54, 1.807) is 22.7 Å². The predicted octanol–water partition coefficient (Wildman–Crippen LogP) is 1.97. The summed E-state index contributed by atoms with van der Waals surface area (Å²) in [4.78, 5) is 24.6. The fourth-order valence-electron chi connectivity index (χ4n) is 2.32. The summed E-state index contributed by atoms with van der Waals surface area (Å²) in [5.74, 6) is 0.287. The van der Waals surface area contributed by atoms with Crippen molar-refractivity contribution in [3.63, 3.8) is 0 Å². The molecular formula is C15H19FN2O2S. The van der Waals surface area contributed by atoms with E-state index in [1.165, 1.54) is 13.0 Å². The van der Waals surface area contributed by atoms with E-state index in [2.05, 4.69) is 5.32 Å². The molecule has 4 nitrogen and oxygen atoms in total. The largest absolute Gasteiger partial charge is 0.347 e. The van der Waals surface area contributed by atoms with Gasteiger partial charge in [0.2, 0.25) is 11.8 Å². The molecule has 1 saturated heterocycles. The fourth-order valence-corrected chi connectivity index (χ4v) is 3.57. The first-order valence-corrected chi connectivity index (χ1v) is 8.01. The van der Waals surface area contributed by atoms with Crippen molar-refractivity contribution in [3.8, 4) is 0 Å². The molecular weight excluding hydrogens is 291 g/mol. The van der Waals surface area contributed by atoms with Crippen LogP contribution in [0.5, 0.6) is 0 Å². The Balaban J connectivity index is 1.94. The molecule has 0 aliphatic carbocycles. The molecule has 1 atom stereocenters. The lowest BCUT2D eigenvalue weighted by Crippen LogP contribution is -2.40. The van der Waals surface area contributed by atoms with Crippen molar-refractivity contribution in [1.29, 1.82) is 0 Å². The van der Waals surface area contributed by atoms with E-state index >= 15 is 0 Å². The van der Waals surface area contributed by atoms with E-state index in [4.69, 9.17) is 0 Å². The zero-order valence-corrected chi connectivity index (χ0v) is 12.8. The zero-order valence-electron chi connectivity index (χ0n) is 12.0. The number of nitrogens with one attached hydrogen (secondary N) is 1. The van der Waals surface area contributed by atoms with Gasteiger partial charge in [0.25, 0.3) is 0 Å². The van der Waals surface area contributed by atoms with Gasteiger partial charge in [0.15, 0.2) is 0 Å². The van der Waals surface area contributed by atoms with Crippen LogP contribution in [0, 0.1) is 5.82 Å². The first-order chi connectivity index (χ1) is 10.1. The number of hydrogen-bond donors (Lipinski definition) is 1. The predicted molar refractivity (Wildman–Crippen MR) is 81.5 cm³/mol. The molecule has 0 radical (unpaired) electrons. The summed E-state index contributed by atoms with van der Waals surface area (Å²) >= 11 is 1.68. The molecule has 1 aromatic rings. The van der Waals surface area contributed by atoms with Gasteiger partial charge >= 0.3 is 0 Å². The molecule has 21 heavy (non-hydrogen) atoms. The van der Waals surface area contributed by atoms with E-state index in [1.807, 2.05) is 12.1 Å². The third-order valence-electron chi connectivity index (χ3n) is 3.43. The van der Waals surface area contributed by atoms with E-state index in [9.17, 15) is 14.0 Å². The van der Waals surface area contributed by atoms with Crippen molar-refractivity contribution >= 4 is 23.6 Å². The van der Waals surface area contributed by atoms with Gasteiger partial charge in [-0.1, -0.05) is 18.2 Å². The minimum Gasteiger partial charge on any atom is -0.347 e. The van der Waals surface area contributed by atoms with Crippen LogP contribution in [0.4, 0.5) is 4.39 Å². The van der Waals surface area contributed by atoms with Gasteiger partial charge < -0.3 is 10.2 Å². The van der Waals surface area contributed by atoms with Gasteiger partial charge in [0.05, 0.1) is 6.54 Å². The highest BCUT2D eigenvalue weighted by molar-refractivity contribution is 7.99. The fraction of sp³-hybridized carbons (Fsp3) is 0.467. The maximum atomic E-state index is 13.8. The molecule has 6 heteroatoms. The van der Waals surface area contributed by atoms with Crippen LogP contribution < -0.4 is 5.32 Å². The van der Waals surface area contributed by atoms with Gasteiger partial charge in [-0.05, 0) is 12.5 Å². The third-order valence-corrected chi connectivity index (χ3v) is 4.75. The number of halogens is 1. The van der Waals surface area contributed by atoms with Gasteiger partial charge in [-0.15, -0.1) is 0 Å². The summed E-state index contributed by atoms with van der Waals surface area (Å²) < 4.78 is 13.8. The number of amides is 2. The van der Waals surface area contributed by atoms with Crippen LogP contribution in [0.15, 0.2) is 24.3 Å². The van der Waals surface area contributed by atoms with Crippen LogP contribution in [-0.2, 0) is 9.59 Å². The summed E-state index contributed by atoms with van der Waals surface area (Å²) in [5, 5.41) is 2.59. The molecule has 2 amide bonds. The molecule has 1 fully saturated rings. The molecule has 1 unspecified atom stereocenters. The number of rotatable bonds is 3. The molecule has 1 aliphatic heterocycles. The number of benzene rings is 1. The number of nitrogens with zero attached hydrogens (tertiary/aromatic N) is 1. The van der Waals surface area contributed by atoms with E-state index in [0.717, 1.165) is 12.2 Å². The SMILES string of the molecule is CC(=O)NCC(=O)N1CCSC(c2ccccc2F)CC1. The third kappa shape index (κ3) is 4.46. The van der Waals surface area contributed by atoms with Crippen LogP contribution in [0.25, 0.3) is 0 Å². The Bertz CT molecular complexity index is 524. The zero-order chi connectivity index (χ0) is 15.2. The normalized spacial score (nSPS) is 19.0. The van der Waals surface area contributed by atoms with Crippen molar-refractivity contribution in [2.45, 2.75) is 18.6 Å². The molecule has 1 aliphatic rings. The Morgan fingerprint density at radius 2 is 2.14 bits per heavy atom. The molecule has 1 heterocycles. The first-order valence-electron chi connectivity index (χ1n) is 6.96. The summed E-state index contributed by atoms with van der Waals surface area (Å²) in [7, 11) is 0. The molecule has 1 N–H and O–H groups in total. The van der Waals surface area contributed by atoms with Crippen LogP contribution in [-0.4, -0.2) is 42.1 Å². The molecule has 0 spiro atoms. The molecule has 114 valence electrons. The summed E-state index contributed by atoms with van der Waals surface area (Å²) in [6.45, 7) is 2.64. The molecule has 0 saturated carbocycles. The summed E-state index contributed by atoms with van der Waals surface area (Å²) in [6.07, 6.45) is 0.720. The lowest BCUT2D eigenvalue weighted by molar-refractivity contribution is -0.132. The Labute approximate surface area is 128 Å². The highest BCUT2D eigenvalue weighted by atomic mass is 32.2. The van der Waals surface area contributed by atoms with Crippen molar-refractivity contribution in [2.75, 3.05) is 25.4 Å². The Morgan fingerprint density at radius 1 is 1.38 bits per heavy atom. The highest BCUT2D eigenvalue weighted by Gasteiger charge is 2.23. The van der Waals surface area contributed by atoms with E-state index in [0.29, 0.717) is 18.7 Å². The number of thioether (sulfide) groups is 1. The van der Waals surface area contributed by atoms with Crippen LogP contribution in [0.1, 0.15) is 24.2 Å². The lowest BCUT2D eigenvalue weighted by Gasteiger charge is -2.20. The highest BCUT2D eigenvalue weighted by Crippen LogP contribution is 2.35. The average Bonchev–Trinajstić information content (AvgIpc) is 2.71. The molecule has 0 bridgehead atoms. The minimum atomic E-state index is -0.211. The number of hydrogen-bond acceptors (Lipinski definition) is 3. The quantitative estimate of drug-likeness (QED) is 0.928. The smallest absolute Gasteiger partial charge is 0.241 e. The summed E-state index contributed by atoms with van der Waals surface area (Å²) in [6, 6.07) is 6.80. The van der Waals surface area contributed by atoms with Crippen molar-refractivity contribution in [3.05, 3.63) is 35.6 Å². The Kier molecular flexibility index (Phi) is 5.61. The van der Waals surface area contributed by atoms with E-state index in [-0.39, 0.29) is 29.4 Å². The second-order valence-corrected chi connectivity index (χ2v) is 6.27. The monoisotopic (exact) mass is 310 g/mol. The Morgan fingerprint density at radius 3 is 2.86 bits per heavy atom. The van der Waals surface area contributed by atoms with Crippen LogP contribution in [0.3, 0.4) is 0 Å². The van der Waals surface area contributed by atoms with Gasteiger partial charge in [0.1, 0.15) is 5.82 Å². The maximum Gasteiger partial charge on any atom is 0.241 e. The first kappa shape index (κ1) is 15.8. The van der Waals surface area contributed by atoms with Gasteiger partial charge in [-0.2, -0.15) is 11.8 Å². The van der Waals surface area contributed by atoms with Gasteiger partial charge in [0, 0.05) is 36.6 Å². The summed E-state index contributed by atoms with van der Waals surface area (Å²) in [5.41, 5.74) is 0.707. The average molecular weight is 310 g/mol. The van der Waals surface area contributed by atoms with Gasteiger partial charge in [-0.3, -0.25) is 9.59 Å². The second kappa shape index (κ2) is 7.45. The standard InChI is InChI=1S/C15H19FN2O2S/c1-11(19)17-10-15(20)18-7-6-14(21-9-8-18)12-4-2-3-5-13(12)16/h2-5,14H,6-10H2,1H3,(H,17,19). The number of carbonyl (C=O) groups excluding carboxylic acids is 2. The van der Waals surface area contributed by atoms with Gasteiger partial charge in [-0.25, -0.2) is 4.39 Å². The lowest BCUT2D eigenvalue weighted by atomic mass is 10.1. The topological polar surface area (TPSA) is 49.4 Å². The molecule has 0 aromatic heterocycles. The number of carbonyl (C=O) groups is 2. The Hall–Kier alpha value is -1.56. The van der Waals surface area contributed by atoms with Crippen molar-refractivity contribution in [2.24, 2.45) is 0 Å². The molecule has 2 rings (SSSR count). The van der Waals surface area contributed by atoms with Crippen molar-refractivity contribution < 1.29 is 14.0 Å². The maximum absolute atomic E-state index is 13.8. The van der Waals surface area contributed by atoms with Crippen LogP contribution >= 0.6 is 11.8 Å². The van der Waals surface area contributed by atoms with Crippen molar-refractivity contribution in [1.82, 2.24) is 10.2 Å². The molecule has 1 aromatic carbocycles. The minimum absolute atomic E-state index is 0.0321.